The zero-order chi connectivity index (χ0) is 33.6. The van der Waals surface area contributed by atoms with Crippen LogP contribution in [0.25, 0.3) is 28.3 Å². The highest BCUT2D eigenvalue weighted by atomic mass is 28.3. The summed E-state index contributed by atoms with van der Waals surface area (Å²) in [6.45, 7) is 9.18. The van der Waals surface area contributed by atoms with Gasteiger partial charge in [0.1, 0.15) is 13.8 Å². The molecule has 8 rings (SSSR count). The van der Waals surface area contributed by atoms with E-state index in [9.17, 15) is 0 Å². The minimum atomic E-state index is -2.82. The van der Waals surface area contributed by atoms with Gasteiger partial charge in [0.25, 0.3) is 0 Å². The first-order valence-electron chi connectivity index (χ1n) is 17.4. The van der Waals surface area contributed by atoms with Gasteiger partial charge in [-0.05, 0) is 69.5 Å². The van der Waals surface area contributed by atoms with E-state index in [0.29, 0.717) is 0 Å². The molecular formula is C47H42OSi. The van der Waals surface area contributed by atoms with E-state index in [0.717, 1.165) is 5.76 Å². The number of furan rings is 1. The highest BCUT2D eigenvalue weighted by molar-refractivity contribution is 7.06. The smallest absolute Gasteiger partial charge is 0.140 e. The molecule has 2 heteroatoms. The van der Waals surface area contributed by atoms with Crippen molar-refractivity contribution in [2.75, 3.05) is 0 Å². The van der Waals surface area contributed by atoms with Gasteiger partial charge in [-0.15, -0.1) is 0 Å². The van der Waals surface area contributed by atoms with E-state index in [-0.39, 0.29) is 16.5 Å². The first-order chi connectivity index (χ1) is 23.9. The Hall–Kier alpha value is -5.18. The van der Waals surface area contributed by atoms with E-state index in [1.54, 1.807) is 0 Å². The van der Waals surface area contributed by atoms with Crippen molar-refractivity contribution < 1.29 is 4.42 Å². The number of fused-ring (bicyclic) bond motifs is 1. The molecule has 0 bridgehead atoms. The molecule has 0 saturated heterocycles. The summed E-state index contributed by atoms with van der Waals surface area (Å²) in [5, 5.41) is 2.86. The lowest BCUT2D eigenvalue weighted by molar-refractivity contribution is 0.551. The third-order valence-electron chi connectivity index (χ3n) is 10.7. The Labute approximate surface area is 292 Å². The van der Waals surface area contributed by atoms with E-state index < -0.39 is 8.07 Å². The molecule has 0 amide bonds. The Morgan fingerprint density at radius 1 is 0.592 bits per heavy atom. The average molecular weight is 651 g/mol. The van der Waals surface area contributed by atoms with Crippen LogP contribution in [0.5, 0.6) is 0 Å². The second kappa shape index (κ2) is 12.4. The quantitative estimate of drug-likeness (QED) is 0.157. The van der Waals surface area contributed by atoms with Crippen LogP contribution in [-0.4, -0.2) is 8.07 Å². The molecule has 240 valence electrons. The Morgan fingerprint density at radius 2 is 1.22 bits per heavy atom. The summed E-state index contributed by atoms with van der Waals surface area (Å²) in [6, 6.07) is 54.1. The number of hydrogen-bond donors (Lipinski definition) is 0. The molecule has 2 aliphatic rings. The fourth-order valence-electron chi connectivity index (χ4n) is 8.41. The van der Waals surface area contributed by atoms with Gasteiger partial charge in [-0.2, -0.15) is 0 Å². The van der Waals surface area contributed by atoms with Gasteiger partial charge >= 0.3 is 0 Å². The van der Waals surface area contributed by atoms with Crippen LogP contribution in [0, 0.1) is 0 Å². The summed E-state index contributed by atoms with van der Waals surface area (Å²) in [4.78, 5) is 0. The molecule has 2 atom stereocenters. The summed E-state index contributed by atoms with van der Waals surface area (Å²) in [6.07, 6.45) is 9.30. The molecule has 5 aromatic carbocycles. The van der Waals surface area contributed by atoms with Gasteiger partial charge in [0, 0.05) is 16.7 Å². The molecule has 0 fully saturated rings. The predicted molar refractivity (Wildman–Crippen MR) is 210 cm³/mol. The number of benzene rings is 5. The van der Waals surface area contributed by atoms with Crippen LogP contribution in [0.3, 0.4) is 0 Å². The van der Waals surface area contributed by atoms with Crippen LogP contribution in [0.4, 0.5) is 0 Å². The topological polar surface area (TPSA) is 13.1 Å². The molecule has 0 N–H and O–H groups in total. The number of hydrogen-bond acceptors (Lipinski definition) is 1. The Morgan fingerprint density at radius 3 is 1.82 bits per heavy atom. The third-order valence-corrected chi connectivity index (χ3v) is 16.4. The lowest BCUT2D eigenvalue weighted by Crippen LogP contribution is -2.65. The molecule has 0 spiro atoms. The largest absolute Gasteiger partial charge is 0.465 e. The zero-order valence-corrected chi connectivity index (χ0v) is 29.7. The van der Waals surface area contributed by atoms with Crippen molar-refractivity contribution in [2.24, 2.45) is 0 Å². The summed E-state index contributed by atoms with van der Waals surface area (Å²) in [5.41, 5.74) is 12.2. The van der Waals surface area contributed by atoms with Gasteiger partial charge in [-0.25, -0.2) is 0 Å². The molecule has 2 aliphatic carbocycles. The molecular weight excluding hydrogens is 609 g/mol. The lowest BCUT2D eigenvalue weighted by atomic mass is 9.86. The predicted octanol–water partition coefficient (Wildman–Crippen LogP) is 11.1. The molecule has 0 saturated carbocycles. The molecule has 0 aliphatic heterocycles. The fraction of sp³-hybridized carbons (Fsp3) is 0.149. The van der Waals surface area contributed by atoms with Crippen molar-refractivity contribution in [1.82, 2.24) is 0 Å². The van der Waals surface area contributed by atoms with Gasteiger partial charge in [0.15, 0.2) is 0 Å². The Kier molecular flexibility index (Phi) is 7.85. The van der Waals surface area contributed by atoms with Crippen molar-refractivity contribution in [1.29, 1.82) is 0 Å². The molecule has 1 nitrogen and oxygen atoms in total. The number of rotatable bonds is 7. The van der Waals surface area contributed by atoms with E-state index >= 15 is 0 Å². The molecule has 1 aromatic heterocycles. The van der Waals surface area contributed by atoms with Crippen molar-refractivity contribution >= 4 is 35.7 Å². The van der Waals surface area contributed by atoms with Crippen molar-refractivity contribution in [2.45, 2.75) is 44.2 Å². The minimum absolute atomic E-state index is 0.101. The van der Waals surface area contributed by atoms with Gasteiger partial charge in [0.2, 0.25) is 0 Å². The van der Waals surface area contributed by atoms with Crippen LogP contribution in [0.2, 0.25) is 5.54 Å². The molecule has 0 radical (unpaired) electrons. The minimum Gasteiger partial charge on any atom is -0.465 e. The highest BCUT2D eigenvalue weighted by Crippen LogP contribution is 2.55. The van der Waals surface area contributed by atoms with E-state index in [1.165, 1.54) is 60.5 Å². The monoisotopic (exact) mass is 650 g/mol. The summed E-state index contributed by atoms with van der Waals surface area (Å²) < 4.78 is 6.35. The average Bonchev–Trinajstić information content (AvgIpc) is 3.90. The summed E-state index contributed by atoms with van der Waals surface area (Å²) in [7, 11) is -2.82. The second-order valence-electron chi connectivity index (χ2n) is 14.6. The Balaban J connectivity index is 1.43. The van der Waals surface area contributed by atoms with Crippen LogP contribution >= 0.6 is 0 Å². The number of allylic oxidation sites excluding steroid dienone is 5. The SMILES string of the molecule is CC1=CC(c2ccccc2)=CC1[Si](c1ccccc1)(c1ccccc1)C1C(c2ccco2)=Cc2c(-c3ccc(C(C)(C)C)cc3)cccc21. The zero-order valence-electron chi connectivity index (χ0n) is 28.7. The van der Waals surface area contributed by atoms with Gasteiger partial charge in [-0.3, -0.25) is 0 Å². The van der Waals surface area contributed by atoms with Crippen molar-refractivity contribution in [3.63, 3.8) is 0 Å². The van der Waals surface area contributed by atoms with Gasteiger partial charge in [0.05, 0.1) is 6.26 Å². The molecule has 49 heavy (non-hydrogen) atoms. The van der Waals surface area contributed by atoms with Gasteiger partial charge in [-0.1, -0.05) is 182 Å². The van der Waals surface area contributed by atoms with E-state index in [2.05, 4.69) is 185 Å². The normalized spacial score (nSPS) is 17.3. The maximum atomic E-state index is 6.35. The third kappa shape index (κ3) is 5.32. The van der Waals surface area contributed by atoms with Crippen molar-refractivity contribution in [3.8, 4) is 11.1 Å². The van der Waals surface area contributed by atoms with Crippen LogP contribution in [-0.2, 0) is 5.41 Å². The summed E-state index contributed by atoms with van der Waals surface area (Å²) in [5.74, 6) is 0.950. The van der Waals surface area contributed by atoms with Crippen LogP contribution < -0.4 is 10.4 Å². The second-order valence-corrected chi connectivity index (χ2v) is 18.7. The van der Waals surface area contributed by atoms with Crippen LogP contribution in [0.1, 0.15) is 61.3 Å². The van der Waals surface area contributed by atoms with E-state index in [4.69, 9.17) is 4.42 Å². The molecule has 6 aromatic rings. The lowest BCUT2D eigenvalue weighted by Gasteiger charge is -2.44. The van der Waals surface area contributed by atoms with Gasteiger partial charge < -0.3 is 4.42 Å². The summed E-state index contributed by atoms with van der Waals surface area (Å²) >= 11 is 0. The fourth-order valence-corrected chi connectivity index (χ4v) is 14.7. The Bertz CT molecular complexity index is 2140. The maximum Gasteiger partial charge on any atom is 0.140 e. The van der Waals surface area contributed by atoms with E-state index in [1.807, 2.05) is 12.3 Å². The highest BCUT2D eigenvalue weighted by Gasteiger charge is 2.55. The first-order valence-corrected chi connectivity index (χ1v) is 19.6. The molecule has 1 heterocycles. The van der Waals surface area contributed by atoms with Crippen molar-refractivity contribution in [3.05, 3.63) is 198 Å². The standard InChI is InChI=1S/C47H42OSi/c1-33-30-36(34-16-8-5-9-17-34)31-45(33)49(38-18-10-6-11-19-38,39-20-12-7-13-21-39)46-41-23-14-22-40(35-25-27-37(28-26-35)47(2,3)4)42(41)32-43(46)44-24-15-29-48-44/h5-32,45-46H,1-4H3. The maximum absolute atomic E-state index is 6.35. The first kappa shape index (κ1) is 31.1. The van der Waals surface area contributed by atoms with Crippen LogP contribution in [0.15, 0.2) is 174 Å². The molecule has 2 unspecified atom stereocenters.